The number of carbonyl (C=O) groups excluding carboxylic acids is 2. The van der Waals surface area contributed by atoms with Gasteiger partial charge in [-0.05, 0) is 68.5 Å². The van der Waals surface area contributed by atoms with Crippen molar-refractivity contribution in [2.45, 2.75) is 38.5 Å². The minimum atomic E-state index is 0. The number of piperidine rings is 2. The van der Waals surface area contributed by atoms with Gasteiger partial charge < -0.3 is 15.5 Å². The van der Waals surface area contributed by atoms with Crippen molar-refractivity contribution in [1.29, 1.82) is 0 Å². The number of rotatable bonds is 5. The van der Waals surface area contributed by atoms with Crippen molar-refractivity contribution in [2.24, 2.45) is 17.3 Å². The van der Waals surface area contributed by atoms with Crippen LogP contribution in [0.5, 0.6) is 0 Å². The SMILES string of the molecule is Cl.O=C(NCC(=O)N1CCC(Cc2ccccc2)CC1)C1CC12CCNCC2. The molecule has 2 heterocycles. The van der Waals surface area contributed by atoms with Crippen molar-refractivity contribution in [3.05, 3.63) is 35.9 Å². The van der Waals surface area contributed by atoms with Gasteiger partial charge in [-0.3, -0.25) is 9.59 Å². The third-order valence-corrected chi connectivity index (χ3v) is 6.85. The van der Waals surface area contributed by atoms with Gasteiger partial charge in [-0.25, -0.2) is 0 Å². The second-order valence-corrected chi connectivity index (χ2v) is 8.60. The highest BCUT2D eigenvalue weighted by molar-refractivity contribution is 5.88. The zero-order valence-corrected chi connectivity index (χ0v) is 17.3. The molecule has 28 heavy (non-hydrogen) atoms. The molecule has 2 aliphatic heterocycles. The quantitative estimate of drug-likeness (QED) is 0.790. The Morgan fingerprint density at radius 1 is 1.11 bits per heavy atom. The molecular formula is C22H32ClN3O2. The van der Waals surface area contributed by atoms with Crippen LogP contribution in [0.2, 0.25) is 0 Å². The van der Waals surface area contributed by atoms with Gasteiger partial charge in [0.25, 0.3) is 0 Å². The van der Waals surface area contributed by atoms with Gasteiger partial charge in [0.1, 0.15) is 0 Å². The monoisotopic (exact) mass is 405 g/mol. The Balaban J connectivity index is 0.00000225. The summed E-state index contributed by atoms with van der Waals surface area (Å²) in [4.78, 5) is 26.8. The minimum absolute atomic E-state index is 0. The summed E-state index contributed by atoms with van der Waals surface area (Å²) in [6.45, 7) is 3.81. The summed E-state index contributed by atoms with van der Waals surface area (Å²) in [6, 6.07) is 10.6. The molecule has 1 saturated carbocycles. The first-order valence-electron chi connectivity index (χ1n) is 10.5. The zero-order chi connectivity index (χ0) is 18.7. The number of benzene rings is 1. The second kappa shape index (κ2) is 9.27. The van der Waals surface area contributed by atoms with E-state index < -0.39 is 0 Å². The Morgan fingerprint density at radius 2 is 1.79 bits per heavy atom. The van der Waals surface area contributed by atoms with Crippen LogP contribution < -0.4 is 10.6 Å². The number of hydrogen-bond donors (Lipinski definition) is 2. The summed E-state index contributed by atoms with van der Waals surface area (Å²) in [6.07, 6.45) is 6.38. The molecule has 0 aromatic heterocycles. The molecule has 3 aliphatic rings. The predicted molar refractivity (Wildman–Crippen MR) is 112 cm³/mol. The molecule has 1 atom stereocenters. The molecule has 0 radical (unpaired) electrons. The van der Waals surface area contributed by atoms with Crippen molar-refractivity contribution in [3.63, 3.8) is 0 Å². The standard InChI is InChI=1S/C22H31N3O2.ClH/c26-20(16-24-21(27)19-15-22(19)8-10-23-11-9-22)25-12-6-18(7-13-25)14-17-4-2-1-3-5-17;/h1-5,18-19,23H,6-16H2,(H,24,27);1H. The maximum atomic E-state index is 12.5. The molecule has 1 aliphatic carbocycles. The topological polar surface area (TPSA) is 61.4 Å². The molecule has 4 rings (SSSR count). The van der Waals surface area contributed by atoms with E-state index in [-0.39, 0.29) is 42.1 Å². The van der Waals surface area contributed by atoms with Gasteiger partial charge in [0.2, 0.25) is 11.8 Å². The Hall–Kier alpha value is -1.59. The molecule has 2 amide bonds. The van der Waals surface area contributed by atoms with E-state index in [1.165, 1.54) is 5.56 Å². The average molecular weight is 406 g/mol. The lowest BCUT2D eigenvalue weighted by atomic mass is 9.90. The third kappa shape index (κ3) is 4.87. The third-order valence-electron chi connectivity index (χ3n) is 6.85. The van der Waals surface area contributed by atoms with E-state index >= 15 is 0 Å². The largest absolute Gasteiger partial charge is 0.347 e. The summed E-state index contributed by atoms with van der Waals surface area (Å²) in [5, 5.41) is 6.27. The summed E-state index contributed by atoms with van der Waals surface area (Å²) in [5.74, 6) is 0.937. The van der Waals surface area contributed by atoms with Gasteiger partial charge in [-0.2, -0.15) is 0 Å². The summed E-state index contributed by atoms with van der Waals surface area (Å²) in [7, 11) is 0. The number of carbonyl (C=O) groups is 2. The van der Waals surface area contributed by atoms with E-state index in [0.717, 1.165) is 64.7 Å². The van der Waals surface area contributed by atoms with Gasteiger partial charge in [0.05, 0.1) is 6.54 Å². The zero-order valence-electron chi connectivity index (χ0n) is 16.5. The normalized spacial score (nSPS) is 23.7. The summed E-state index contributed by atoms with van der Waals surface area (Å²) >= 11 is 0. The van der Waals surface area contributed by atoms with Crippen LogP contribution in [0.3, 0.4) is 0 Å². The van der Waals surface area contributed by atoms with Crippen molar-refractivity contribution in [2.75, 3.05) is 32.7 Å². The maximum Gasteiger partial charge on any atom is 0.241 e. The summed E-state index contributed by atoms with van der Waals surface area (Å²) < 4.78 is 0. The van der Waals surface area contributed by atoms with E-state index in [2.05, 4.69) is 34.9 Å². The molecule has 154 valence electrons. The van der Waals surface area contributed by atoms with Crippen molar-refractivity contribution in [3.8, 4) is 0 Å². The van der Waals surface area contributed by atoms with E-state index in [4.69, 9.17) is 0 Å². The maximum absolute atomic E-state index is 12.5. The fraction of sp³-hybridized carbons (Fsp3) is 0.636. The first kappa shape index (κ1) is 21.1. The lowest BCUT2D eigenvalue weighted by molar-refractivity contribution is -0.134. The number of hydrogen-bond acceptors (Lipinski definition) is 3. The molecule has 3 fully saturated rings. The van der Waals surface area contributed by atoms with E-state index in [1.54, 1.807) is 0 Å². The lowest BCUT2D eigenvalue weighted by Gasteiger charge is -2.32. The van der Waals surface area contributed by atoms with Gasteiger partial charge in [-0.15, -0.1) is 12.4 Å². The number of halogens is 1. The fourth-order valence-corrected chi connectivity index (χ4v) is 4.93. The molecule has 5 nitrogen and oxygen atoms in total. The van der Waals surface area contributed by atoms with Crippen LogP contribution in [0.4, 0.5) is 0 Å². The van der Waals surface area contributed by atoms with Crippen LogP contribution in [0, 0.1) is 17.3 Å². The molecule has 2 saturated heterocycles. The van der Waals surface area contributed by atoms with Gasteiger partial charge >= 0.3 is 0 Å². The predicted octanol–water partition coefficient (Wildman–Crippen LogP) is 2.40. The molecule has 1 spiro atoms. The van der Waals surface area contributed by atoms with Crippen LogP contribution in [0.1, 0.15) is 37.7 Å². The molecule has 1 aromatic rings. The van der Waals surface area contributed by atoms with E-state index in [1.807, 2.05) is 11.0 Å². The Labute approximate surface area is 174 Å². The number of likely N-dealkylation sites (tertiary alicyclic amines) is 1. The molecular weight excluding hydrogens is 374 g/mol. The van der Waals surface area contributed by atoms with Gasteiger partial charge in [-0.1, -0.05) is 30.3 Å². The molecule has 6 heteroatoms. The van der Waals surface area contributed by atoms with Crippen molar-refractivity contribution in [1.82, 2.24) is 15.5 Å². The van der Waals surface area contributed by atoms with E-state index in [9.17, 15) is 9.59 Å². The molecule has 0 bridgehead atoms. The minimum Gasteiger partial charge on any atom is -0.347 e. The van der Waals surface area contributed by atoms with Crippen LogP contribution in [0.25, 0.3) is 0 Å². The smallest absolute Gasteiger partial charge is 0.241 e. The molecule has 2 N–H and O–H groups in total. The van der Waals surface area contributed by atoms with Crippen molar-refractivity contribution >= 4 is 24.2 Å². The van der Waals surface area contributed by atoms with Crippen LogP contribution >= 0.6 is 12.4 Å². The highest BCUT2D eigenvalue weighted by Gasteiger charge is 2.57. The van der Waals surface area contributed by atoms with Gasteiger partial charge in [0, 0.05) is 19.0 Å². The van der Waals surface area contributed by atoms with E-state index in [0.29, 0.717) is 5.92 Å². The second-order valence-electron chi connectivity index (χ2n) is 8.60. The average Bonchev–Trinajstić information content (AvgIpc) is 3.40. The number of nitrogens with one attached hydrogen (secondary N) is 2. The fourth-order valence-electron chi connectivity index (χ4n) is 4.93. The Bertz CT molecular complexity index is 668. The number of amides is 2. The Kier molecular flexibility index (Phi) is 7.00. The first-order chi connectivity index (χ1) is 13.2. The van der Waals surface area contributed by atoms with Crippen LogP contribution in [-0.2, 0) is 16.0 Å². The lowest BCUT2D eigenvalue weighted by Crippen LogP contribution is -2.45. The highest BCUT2D eigenvalue weighted by atomic mass is 35.5. The van der Waals surface area contributed by atoms with Gasteiger partial charge in [0.15, 0.2) is 0 Å². The van der Waals surface area contributed by atoms with Crippen molar-refractivity contribution < 1.29 is 9.59 Å². The highest BCUT2D eigenvalue weighted by Crippen LogP contribution is 2.58. The molecule has 1 unspecified atom stereocenters. The summed E-state index contributed by atoms with van der Waals surface area (Å²) in [5.41, 5.74) is 1.61. The number of nitrogens with zero attached hydrogens (tertiary/aromatic N) is 1. The Morgan fingerprint density at radius 3 is 2.46 bits per heavy atom. The first-order valence-corrected chi connectivity index (χ1v) is 10.5. The van der Waals surface area contributed by atoms with Crippen LogP contribution in [-0.4, -0.2) is 49.4 Å². The molecule has 1 aromatic carbocycles. The van der Waals surface area contributed by atoms with Crippen LogP contribution in [0.15, 0.2) is 30.3 Å².